The Labute approximate surface area is 143 Å². The Balaban J connectivity index is 1.49. The molecule has 1 atom stereocenters. The molecular weight excluding hydrogens is 298 g/mol. The molecule has 2 aromatic carbocycles. The van der Waals surface area contributed by atoms with E-state index in [9.17, 15) is 5.11 Å². The first kappa shape index (κ1) is 15.7. The van der Waals surface area contributed by atoms with E-state index in [1.807, 2.05) is 30.3 Å². The molecule has 1 heterocycles. The molecule has 0 aromatic heterocycles. The van der Waals surface area contributed by atoms with E-state index in [1.165, 1.54) is 24.9 Å². The van der Waals surface area contributed by atoms with E-state index in [0.29, 0.717) is 6.42 Å². The minimum absolute atomic E-state index is 0.474. The molecule has 0 spiro atoms. The molecule has 1 N–H and O–H groups in total. The molecule has 24 heavy (non-hydrogen) atoms. The van der Waals surface area contributed by atoms with Crippen LogP contribution >= 0.6 is 0 Å². The zero-order chi connectivity index (χ0) is 16.4. The summed E-state index contributed by atoms with van der Waals surface area (Å²) in [6.45, 7) is 3.86. The van der Waals surface area contributed by atoms with Crippen LogP contribution in [0, 0.1) is 5.92 Å². The molecule has 126 valence electrons. The monoisotopic (exact) mass is 323 g/mol. The summed E-state index contributed by atoms with van der Waals surface area (Å²) in [4.78, 5) is 2.50. The normalized spacial score (nSPS) is 19.2. The average molecular weight is 323 g/mol. The van der Waals surface area contributed by atoms with Crippen molar-refractivity contribution in [2.24, 2.45) is 5.92 Å². The van der Waals surface area contributed by atoms with Crippen LogP contribution in [-0.2, 0) is 13.0 Å². The Morgan fingerprint density at radius 1 is 1.12 bits per heavy atom. The van der Waals surface area contributed by atoms with Gasteiger partial charge in [0.05, 0.1) is 6.10 Å². The van der Waals surface area contributed by atoms with Crippen molar-refractivity contribution in [1.82, 2.24) is 4.90 Å². The first-order chi connectivity index (χ1) is 11.8. The summed E-state index contributed by atoms with van der Waals surface area (Å²) in [5.41, 5.74) is 3.35. The van der Waals surface area contributed by atoms with Gasteiger partial charge in [0.25, 0.3) is 0 Å². The molecule has 1 saturated carbocycles. The van der Waals surface area contributed by atoms with E-state index >= 15 is 0 Å². The van der Waals surface area contributed by atoms with E-state index in [2.05, 4.69) is 23.1 Å². The molecule has 1 aliphatic carbocycles. The SMILES string of the molecule is OC(Cc1ccccc1)c1ccc2c(c1)CN(CC1CC1)CCO2. The van der Waals surface area contributed by atoms with Crippen molar-refractivity contribution in [3.8, 4) is 5.75 Å². The van der Waals surface area contributed by atoms with Crippen LogP contribution in [-0.4, -0.2) is 29.7 Å². The molecule has 3 nitrogen and oxygen atoms in total. The fourth-order valence-corrected chi connectivity index (χ4v) is 3.45. The van der Waals surface area contributed by atoms with Gasteiger partial charge in [0.1, 0.15) is 12.4 Å². The van der Waals surface area contributed by atoms with Crippen molar-refractivity contribution < 1.29 is 9.84 Å². The summed E-state index contributed by atoms with van der Waals surface area (Å²) in [5, 5.41) is 10.6. The topological polar surface area (TPSA) is 32.7 Å². The van der Waals surface area contributed by atoms with Gasteiger partial charge in [-0.25, -0.2) is 0 Å². The summed E-state index contributed by atoms with van der Waals surface area (Å²) >= 11 is 0. The number of nitrogens with zero attached hydrogens (tertiary/aromatic N) is 1. The maximum Gasteiger partial charge on any atom is 0.123 e. The summed E-state index contributed by atoms with van der Waals surface area (Å²) in [6.07, 6.45) is 2.92. The third-order valence-corrected chi connectivity index (χ3v) is 5.01. The lowest BCUT2D eigenvalue weighted by molar-refractivity contribution is 0.178. The van der Waals surface area contributed by atoms with Crippen molar-refractivity contribution in [3.63, 3.8) is 0 Å². The van der Waals surface area contributed by atoms with Crippen LogP contribution in [0.2, 0.25) is 0 Å². The Morgan fingerprint density at radius 2 is 1.96 bits per heavy atom. The maximum absolute atomic E-state index is 10.6. The first-order valence-corrected chi connectivity index (χ1v) is 8.98. The minimum atomic E-state index is -0.474. The molecule has 0 bridgehead atoms. The zero-order valence-corrected chi connectivity index (χ0v) is 14.0. The molecule has 1 fully saturated rings. The molecule has 3 heteroatoms. The van der Waals surface area contributed by atoms with Crippen LogP contribution in [0.15, 0.2) is 48.5 Å². The van der Waals surface area contributed by atoms with E-state index < -0.39 is 6.10 Å². The Kier molecular flexibility index (Phi) is 4.54. The molecule has 4 rings (SSSR count). The summed E-state index contributed by atoms with van der Waals surface area (Å²) in [6, 6.07) is 16.3. The van der Waals surface area contributed by atoms with Gasteiger partial charge in [-0.1, -0.05) is 36.4 Å². The van der Waals surface area contributed by atoms with Gasteiger partial charge < -0.3 is 9.84 Å². The molecule has 1 unspecified atom stereocenters. The predicted molar refractivity (Wildman–Crippen MR) is 95.0 cm³/mol. The van der Waals surface area contributed by atoms with Crippen LogP contribution in [0.25, 0.3) is 0 Å². The number of rotatable bonds is 5. The molecule has 0 saturated heterocycles. The van der Waals surface area contributed by atoms with E-state index in [-0.39, 0.29) is 0 Å². The number of aliphatic hydroxyl groups is 1. The van der Waals surface area contributed by atoms with Crippen LogP contribution in [0.1, 0.15) is 35.6 Å². The lowest BCUT2D eigenvalue weighted by Gasteiger charge is -2.19. The minimum Gasteiger partial charge on any atom is -0.492 e. The zero-order valence-electron chi connectivity index (χ0n) is 14.0. The van der Waals surface area contributed by atoms with Crippen LogP contribution in [0.5, 0.6) is 5.75 Å². The largest absolute Gasteiger partial charge is 0.492 e. The highest BCUT2D eigenvalue weighted by Crippen LogP contribution is 2.32. The van der Waals surface area contributed by atoms with Crippen molar-refractivity contribution in [2.75, 3.05) is 19.7 Å². The highest BCUT2D eigenvalue weighted by Gasteiger charge is 2.26. The van der Waals surface area contributed by atoms with Gasteiger partial charge in [0.2, 0.25) is 0 Å². The van der Waals surface area contributed by atoms with E-state index in [0.717, 1.165) is 42.5 Å². The molecule has 1 aliphatic heterocycles. The van der Waals surface area contributed by atoms with Crippen molar-refractivity contribution >= 4 is 0 Å². The second-order valence-electron chi connectivity index (χ2n) is 7.10. The first-order valence-electron chi connectivity index (χ1n) is 8.98. The quantitative estimate of drug-likeness (QED) is 0.913. The lowest BCUT2D eigenvalue weighted by atomic mass is 9.99. The highest BCUT2D eigenvalue weighted by molar-refractivity contribution is 5.39. The third-order valence-electron chi connectivity index (χ3n) is 5.01. The van der Waals surface area contributed by atoms with Crippen molar-refractivity contribution in [1.29, 1.82) is 0 Å². The number of aliphatic hydroxyl groups excluding tert-OH is 1. The van der Waals surface area contributed by atoms with E-state index in [4.69, 9.17) is 4.74 Å². The molecular formula is C21H25NO2. The van der Waals surface area contributed by atoms with Crippen LogP contribution < -0.4 is 4.74 Å². The van der Waals surface area contributed by atoms with Gasteiger partial charge in [-0.15, -0.1) is 0 Å². The number of hydrogen-bond acceptors (Lipinski definition) is 3. The Morgan fingerprint density at radius 3 is 2.75 bits per heavy atom. The highest BCUT2D eigenvalue weighted by atomic mass is 16.5. The Bertz CT molecular complexity index is 681. The summed E-state index contributed by atoms with van der Waals surface area (Å²) < 4.78 is 5.91. The summed E-state index contributed by atoms with van der Waals surface area (Å²) in [7, 11) is 0. The number of hydrogen-bond donors (Lipinski definition) is 1. The van der Waals surface area contributed by atoms with Crippen molar-refractivity contribution in [2.45, 2.75) is 31.9 Å². The Hall–Kier alpha value is -1.84. The second-order valence-corrected chi connectivity index (χ2v) is 7.10. The van der Waals surface area contributed by atoms with Gasteiger partial charge in [-0.3, -0.25) is 4.90 Å². The number of benzene rings is 2. The molecule has 2 aromatic rings. The predicted octanol–water partition coefficient (Wildman–Crippen LogP) is 3.57. The molecule has 0 amide bonds. The number of ether oxygens (including phenoxy) is 1. The van der Waals surface area contributed by atoms with Crippen molar-refractivity contribution in [3.05, 3.63) is 65.2 Å². The summed E-state index contributed by atoms with van der Waals surface area (Å²) in [5.74, 6) is 1.86. The van der Waals surface area contributed by atoms with Crippen LogP contribution in [0.3, 0.4) is 0 Å². The van der Waals surface area contributed by atoms with Gasteiger partial charge in [0, 0.05) is 31.6 Å². The maximum atomic E-state index is 10.6. The molecule has 0 radical (unpaired) electrons. The fourth-order valence-electron chi connectivity index (χ4n) is 3.45. The van der Waals surface area contributed by atoms with Gasteiger partial charge >= 0.3 is 0 Å². The standard InChI is InChI=1S/C21H25NO2/c23-20(12-16-4-2-1-3-5-16)18-8-9-21-19(13-18)15-22(10-11-24-21)14-17-6-7-17/h1-5,8-9,13,17,20,23H,6-7,10-12,14-15H2. The van der Waals surface area contributed by atoms with Gasteiger partial charge in [0.15, 0.2) is 0 Å². The van der Waals surface area contributed by atoms with Gasteiger partial charge in [-0.05, 0) is 42.0 Å². The number of fused-ring (bicyclic) bond motifs is 1. The van der Waals surface area contributed by atoms with Gasteiger partial charge in [-0.2, -0.15) is 0 Å². The fraction of sp³-hybridized carbons (Fsp3) is 0.429. The van der Waals surface area contributed by atoms with Crippen LogP contribution in [0.4, 0.5) is 0 Å². The smallest absolute Gasteiger partial charge is 0.123 e. The second kappa shape index (κ2) is 6.96. The third kappa shape index (κ3) is 3.80. The van der Waals surface area contributed by atoms with E-state index in [1.54, 1.807) is 0 Å². The molecule has 2 aliphatic rings. The lowest BCUT2D eigenvalue weighted by Crippen LogP contribution is -2.27. The average Bonchev–Trinajstić information content (AvgIpc) is 3.42.